The Morgan fingerprint density at radius 1 is 1.33 bits per heavy atom. The Morgan fingerprint density at radius 3 is 2.88 bits per heavy atom. The highest BCUT2D eigenvalue weighted by atomic mass is 16.5. The summed E-state index contributed by atoms with van der Waals surface area (Å²) in [5, 5.41) is 2.77. The number of amides is 1. The Labute approximate surface area is 141 Å². The third-order valence-corrected chi connectivity index (χ3v) is 4.26. The second-order valence-electron chi connectivity index (χ2n) is 5.82. The van der Waals surface area contributed by atoms with Gasteiger partial charge in [-0.25, -0.2) is 9.97 Å². The summed E-state index contributed by atoms with van der Waals surface area (Å²) >= 11 is 0. The zero-order valence-electron chi connectivity index (χ0n) is 14.0. The number of ether oxygens (including phenoxy) is 1. The number of nitrogens with one attached hydrogen (secondary N) is 1. The van der Waals surface area contributed by atoms with Crippen molar-refractivity contribution in [2.45, 2.75) is 32.9 Å². The topological polar surface area (TPSA) is 67.3 Å². The first kappa shape index (κ1) is 16.4. The van der Waals surface area contributed by atoms with Gasteiger partial charge in [0, 0.05) is 25.5 Å². The van der Waals surface area contributed by atoms with Crippen LogP contribution in [0.1, 0.15) is 25.0 Å². The normalized spacial score (nSPS) is 15.4. The fourth-order valence-electron chi connectivity index (χ4n) is 2.89. The smallest absolute Gasteiger partial charge is 0.243 e. The summed E-state index contributed by atoms with van der Waals surface area (Å²) in [5.74, 6) is 1.13. The molecule has 0 saturated carbocycles. The first-order valence-electron chi connectivity index (χ1n) is 8.24. The van der Waals surface area contributed by atoms with Crippen molar-refractivity contribution >= 4 is 11.9 Å². The molecule has 0 fully saturated rings. The Bertz CT molecular complexity index is 705. The molecule has 0 aliphatic carbocycles. The maximum atomic E-state index is 12.4. The highest BCUT2D eigenvalue weighted by Crippen LogP contribution is 2.25. The molecule has 0 spiro atoms. The number of fused-ring (bicyclic) bond motifs is 1. The lowest BCUT2D eigenvalue weighted by molar-refractivity contribution is -0.121. The quantitative estimate of drug-likeness (QED) is 0.913. The molecule has 1 aliphatic rings. The first-order chi connectivity index (χ1) is 11.7. The molecule has 1 atom stereocenters. The number of anilines is 1. The van der Waals surface area contributed by atoms with Gasteiger partial charge in [-0.1, -0.05) is 6.07 Å². The van der Waals surface area contributed by atoms with Gasteiger partial charge in [0.1, 0.15) is 5.75 Å². The zero-order chi connectivity index (χ0) is 16.9. The van der Waals surface area contributed by atoms with E-state index in [0.717, 1.165) is 25.3 Å². The lowest BCUT2D eigenvalue weighted by atomic mass is 9.98. The summed E-state index contributed by atoms with van der Waals surface area (Å²) in [5.41, 5.74) is 2.55. The number of carbonyl (C=O) groups is 1. The van der Waals surface area contributed by atoms with Crippen molar-refractivity contribution in [1.29, 1.82) is 0 Å². The van der Waals surface area contributed by atoms with E-state index in [0.29, 0.717) is 12.6 Å². The molecule has 126 valence electrons. The maximum absolute atomic E-state index is 12.4. The molecule has 2 heterocycles. The van der Waals surface area contributed by atoms with E-state index < -0.39 is 0 Å². The van der Waals surface area contributed by atoms with Gasteiger partial charge in [0.25, 0.3) is 0 Å². The highest BCUT2D eigenvalue weighted by Gasteiger charge is 2.26. The molecule has 0 radical (unpaired) electrons. The molecule has 0 saturated heterocycles. The van der Waals surface area contributed by atoms with Crippen LogP contribution in [0.3, 0.4) is 0 Å². The fraction of sp³-hybridized carbons (Fsp3) is 0.389. The monoisotopic (exact) mass is 326 g/mol. The second kappa shape index (κ2) is 7.40. The van der Waals surface area contributed by atoms with E-state index in [1.165, 1.54) is 11.1 Å². The number of carbonyl (C=O) groups excluding carboxylic acids is 1. The van der Waals surface area contributed by atoms with Crippen LogP contribution in [0.25, 0.3) is 0 Å². The molecule has 0 bridgehead atoms. The van der Waals surface area contributed by atoms with Crippen molar-refractivity contribution in [3.8, 4) is 5.75 Å². The summed E-state index contributed by atoms with van der Waals surface area (Å²) in [6, 6.07) is 7.69. The number of rotatable bonds is 5. The molecule has 6 heteroatoms. The minimum absolute atomic E-state index is 0.0920. The van der Waals surface area contributed by atoms with Gasteiger partial charge in [0.15, 0.2) is 0 Å². The largest absolute Gasteiger partial charge is 0.494 e. The van der Waals surface area contributed by atoms with Crippen molar-refractivity contribution in [1.82, 2.24) is 14.9 Å². The minimum Gasteiger partial charge on any atom is -0.494 e. The summed E-state index contributed by atoms with van der Waals surface area (Å²) in [6.07, 6.45) is 4.15. The van der Waals surface area contributed by atoms with Crippen LogP contribution in [0.4, 0.5) is 5.95 Å². The Hall–Kier alpha value is -2.47. The average Bonchev–Trinajstić information content (AvgIpc) is 2.61. The molecule has 1 aromatic carbocycles. The fourth-order valence-corrected chi connectivity index (χ4v) is 2.89. The van der Waals surface area contributed by atoms with E-state index in [2.05, 4.69) is 32.3 Å². The van der Waals surface area contributed by atoms with E-state index in [-0.39, 0.29) is 11.9 Å². The van der Waals surface area contributed by atoms with Gasteiger partial charge in [0.2, 0.25) is 11.9 Å². The van der Waals surface area contributed by atoms with Crippen LogP contribution < -0.4 is 10.1 Å². The molecular weight excluding hydrogens is 304 g/mol. The van der Waals surface area contributed by atoms with E-state index in [9.17, 15) is 4.79 Å². The second-order valence-corrected chi connectivity index (χ2v) is 5.82. The standard InChI is InChI=1S/C18H22N4O2/c1-3-24-16-6-5-14-7-10-22(12-15(14)11-16)13(2)17(23)21-18-19-8-4-9-20-18/h4-6,8-9,11,13H,3,7,10,12H2,1-2H3,(H,19,20,21,23). The number of hydrogen-bond donors (Lipinski definition) is 1. The highest BCUT2D eigenvalue weighted by molar-refractivity contribution is 5.93. The Kier molecular flexibility index (Phi) is 5.05. The van der Waals surface area contributed by atoms with Crippen LogP contribution in [0.2, 0.25) is 0 Å². The van der Waals surface area contributed by atoms with Gasteiger partial charge >= 0.3 is 0 Å². The van der Waals surface area contributed by atoms with Crippen molar-refractivity contribution in [3.63, 3.8) is 0 Å². The number of aromatic nitrogens is 2. The zero-order valence-corrected chi connectivity index (χ0v) is 14.0. The molecule has 24 heavy (non-hydrogen) atoms. The van der Waals surface area contributed by atoms with E-state index >= 15 is 0 Å². The van der Waals surface area contributed by atoms with E-state index in [1.807, 2.05) is 19.9 Å². The first-order valence-corrected chi connectivity index (χ1v) is 8.24. The molecule has 2 aromatic rings. The van der Waals surface area contributed by atoms with Crippen LogP contribution in [0.15, 0.2) is 36.7 Å². The van der Waals surface area contributed by atoms with Gasteiger partial charge in [-0.2, -0.15) is 0 Å². The lowest BCUT2D eigenvalue weighted by Gasteiger charge is -2.33. The molecule has 6 nitrogen and oxygen atoms in total. The lowest BCUT2D eigenvalue weighted by Crippen LogP contribution is -2.44. The summed E-state index contributed by atoms with van der Waals surface area (Å²) in [7, 11) is 0. The SMILES string of the molecule is CCOc1ccc2c(c1)CN(C(C)C(=O)Nc1ncccn1)CC2. The predicted molar refractivity (Wildman–Crippen MR) is 91.8 cm³/mol. The van der Waals surface area contributed by atoms with Crippen LogP contribution >= 0.6 is 0 Å². The van der Waals surface area contributed by atoms with E-state index in [1.54, 1.807) is 18.5 Å². The molecule has 1 amide bonds. The van der Waals surface area contributed by atoms with Gasteiger partial charge in [-0.3, -0.25) is 15.0 Å². The van der Waals surface area contributed by atoms with Crippen LogP contribution in [-0.2, 0) is 17.8 Å². The molecule has 1 N–H and O–H groups in total. The van der Waals surface area contributed by atoms with Crippen molar-refractivity contribution in [3.05, 3.63) is 47.8 Å². The molecule has 1 aromatic heterocycles. The van der Waals surface area contributed by atoms with Gasteiger partial charge < -0.3 is 4.74 Å². The predicted octanol–water partition coefficient (Wildman–Crippen LogP) is 2.26. The van der Waals surface area contributed by atoms with Crippen molar-refractivity contribution in [2.24, 2.45) is 0 Å². The molecule has 3 rings (SSSR count). The van der Waals surface area contributed by atoms with Crippen molar-refractivity contribution in [2.75, 3.05) is 18.5 Å². The number of nitrogens with zero attached hydrogens (tertiary/aromatic N) is 3. The summed E-state index contributed by atoms with van der Waals surface area (Å²) < 4.78 is 5.58. The van der Waals surface area contributed by atoms with Crippen LogP contribution in [-0.4, -0.2) is 40.0 Å². The minimum atomic E-state index is -0.252. The Morgan fingerprint density at radius 2 is 2.12 bits per heavy atom. The third-order valence-electron chi connectivity index (χ3n) is 4.26. The number of benzene rings is 1. The van der Waals surface area contributed by atoms with Gasteiger partial charge in [0.05, 0.1) is 12.6 Å². The maximum Gasteiger partial charge on any atom is 0.243 e. The summed E-state index contributed by atoms with van der Waals surface area (Å²) in [6.45, 7) is 6.13. The number of hydrogen-bond acceptors (Lipinski definition) is 5. The van der Waals surface area contributed by atoms with Gasteiger partial charge in [-0.15, -0.1) is 0 Å². The Balaban J connectivity index is 1.67. The van der Waals surface area contributed by atoms with Crippen LogP contribution in [0.5, 0.6) is 5.75 Å². The third kappa shape index (κ3) is 3.71. The van der Waals surface area contributed by atoms with E-state index in [4.69, 9.17) is 4.74 Å². The average molecular weight is 326 g/mol. The van der Waals surface area contributed by atoms with Crippen LogP contribution in [0, 0.1) is 0 Å². The van der Waals surface area contributed by atoms with Crippen molar-refractivity contribution < 1.29 is 9.53 Å². The molecule has 1 unspecified atom stereocenters. The summed E-state index contributed by atoms with van der Waals surface area (Å²) in [4.78, 5) is 22.7. The molecule has 1 aliphatic heterocycles. The van der Waals surface area contributed by atoms with Gasteiger partial charge in [-0.05, 0) is 49.6 Å². The molecular formula is C18H22N4O2.